The molecule has 4 aliphatic rings. The molecule has 24 valence electrons. The molecule has 0 saturated heterocycles. The fraction of sp³-hybridized carbons (Fsp3) is 0.600. The highest BCUT2D eigenvalue weighted by molar-refractivity contribution is 5.72. The summed E-state index contributed by atoms with van der Waals surface area (Å²) in [5, 5.41) is 0. The predicted octanol–water partition coefficient (Wildman–Crippen LogP) is 0.946. The largest absolute Gasteiger partial charge is 0.0553 e. The van der Waals surface area contributed by atoms with E-state index < -0.39 is 0 Å². The highest BCUT2D eigenvalue weighted by atomic mass is 14.7. The maximum atomic E-state index is 1.85. The minimum absolute atomic E-state index is 1.12. The first kappa shape index (κ1) is 1.46. The highest BCUT2D eigenvalue weighted by Crippen LogP contribution is 2.81. The molecule has 0 spiro atoms. The van der Waals surface area contributed by atoms with Gasteiger partial charge in [-0.1, -0.05) is 11.1 Å². The molecule has 0 radical (unpaired) electrons. The molecule has 0 unspecified atom stereocenters. The van der Waals surface area contributed by atoms with Crippen LogP contribution in [0, 0.1) is 11.8 Å². The van der Waals surface area contributed by atoms with E-state index in [9.17, 15) is 0 Å². The molecular weight excluding hydrogens is 60.1 g/mol. The zero-order valence-electron chi connectivity index (χ0n) is 2.86. The van der Waals surface area contributed by atoms with Gasteiger partial charge in [-0.15, -0.1) is 0 Å². The summed E-state index contributed by atoms with van der Waals surface area (Å²) in [4.78, 5) is 0. The standard InChI is InChI=1S/C5H4/c1-2-4-3(1)5(2)4/h2-3H,1H2. The lowest BCUT2D eigenvalue weighted by molar-refractivity contribution is 0.421. The maximum Gasteiger partial charge on any atom is 0.00340 e. The first-order chi connectivity index (χ1) is 2.48. The Labute approximate surface area is 30.5 Å². The van der Waals surface area contributed by atoms with E-state index in [2.05, 4.69) is 0 Å². The van der Waals surface area contributed by atoms with Crippen molar-refractivity contribution in [1.29, 1.82) is 0 Å². The van der Waals surface area contributed by atoms with Crippen LogP contribution in [0.25, 0.3) is 0 Å². The van der Waals surface area contributed by atoms with Gasteiger partial charge in [0.2, 0.25) is 0 Å². The third kappa shape index (κ3) is 0.0291. The molecule has 0 heterocycles. The molecule has 2 bridgehead atoms. The summed E-state index contributed by atoms with van der Waals surface area (Å²) in [5.41, 5.74) is 3.70. The molecule has 0 aromatic carbocycles. The van der Waals surface area contributed by atoms with Crippen LogP contribution in [0.3, 0.4) is 0 Å². The second kappa shape index (κ2) is 0.173. The topological polar surface area (TPSA) is 0 Å². The van der Waals surface area contributed by atoms with Crippen molar-refractivity contribution in [1.82, 2.24) is 0 Å². The van der Waals surface area contributed by atoms with Gasteiger partial charge in [0.05, 0.1) is 0 Å². The number of allylic oxidation sites excluding steroid dienone is 2. The van der Waals surface area contributed by atoms with E-state index in [1.54, 1.807) is 6.42 Å². The summed E-state index contributed by atoms with van der Waals surface area (Å²) in [5.74, 6) is 2.25. The summed E-state index contributed by atoms with van der Waals surface area (Å²) in [6.45, 7) is 0. The fourth-order valence-electron chi connectivity index (χ4n) is 1.43. The summed E-state index contributed by atoms with van der Waals surface area (Å²) >= 11 is 0. The summed E-state index contributed by atoms with van der Waals surface area (Å²) < 4.78 is 0. The van der Waals surface area contributed by atoms with Gasteiger partial charge in [0.15, 0.2) is 0 Å². The normalized spacial score (nSPS) is 62.4. The summed E-state index contributed by atoms with van der Waals surface area (Å²) in [6, 6.07) is 0. The lowest BCUT2D eigenvalue weighted by atomic mass is 9.77. The van der Waals surface area contributed by atoms with E-state index >= 15 is 0 Å². The van der Waals surface area contributed by atoms with E-state index in [-0.39, 0.29) is 0 Å². The monoisotopic (exact) mass is 64.0 g/mol. The Morgan fingerprint density at radius 2 is 1.60 bits per heavy atom. The SMILES string of the molecule is C1C2C3=C2C13. The lowest BCUT2D eigenvalue weighted by Gasteiger charge is -2.26. The fourth-order valence-corrected chi connectivity index (χ4v) is 1.43. The molecule has 0 aromatic heterocycles. The van der Waals surface area contributed by atoms with Gasteiger partial charge in [-0.05, 0) is 6.42 Å². The van der Waals surface area contributed by atoms with E-state index in [1.807, 2.05) is 11.1 Å². The average Bonchev–Trinajstić information content (AvgIpc) is 1.69. The molecule has 0 atom stereocenters. The van der Waals surface area contributed by atoms with Crippen molar-refractivity contribution in [2.24, 2.45) is 11.8 Å². The lowest BCUT2D eigenvalue weighted by Crippen LogP contribution is -2.18. The van der Waals surface area contributed by atoms with Crippen molar-refractivity contribution >= 4 is 0 Å². The van der Waals surface area contributed by atoms with Gasteiger partial charge in [0.25, 0.3) is 0 Å². The molecule has 4 rings (SSSR count). The van der Waals surface area contributed by atoms with Gasteiger partial charge < -0.3 is 0 Å². The first-order valence-electron chi connectivity index (χ1n) is 2.22. The Hall–Kier alpha value is -0.260. The Morgan fingerprint density at radius 3 is 1.60 bits per heavy atom. The molecule has 4 aliphatic carbocycles. The summed E-state index contributed by atoms with van der Waals surface area (Å²) in [6.07, 6.45) is 1.55. The van der Waals surface area contributed by atoms with Crippen LogP contribution in [-0.4, -0.2) is 0 Å². The quantitative estimate of drug-likeness (QED) is 0.368. The molecular formula is C5H4. The van der Waals surface area contributed by atoms with Crippen molar-refractivity contribution in [2.75, 3.05) is 0 Å². The summed E-state index contributed by atoms with van der Waals surface area (Å²) in [7, 11) is 0. The molecule has 0 amide bonds. The zero-order chi connectivity index (χ0) is 3.02. The minimum Gasteiger partial charge on any atom is -0.0553 e. The van der Waals surface area contributed by atoms with Crippen molar-refractivity contribution in [3.8, 4) is 0 Å². The van der Waals surface area contributed by atoms with E-state index in [0.29, 0.717) is 0 Å². The minimum atomic E-state index is 1.12. The second-order valence-corrected chi connectivity index (χ2v) is 2.25. The number of hydrogen-bond acceptors (Lipinski definition) is 0. The Morgan fingerprint density at radius 1 is 1.20 bits per heavy atom. The van der Waals surface area contributed by atoms with Crippen LogP contribution in [0.2, 0.25) is 0 Å². The molecule has 0 aromatic rings. The first-order valence-corrected chi connectivity index (χ1v) is 2.22. The van der Waals surface area contributed by atoms with Crippen LogP contribution in [0.5, 0.6) is 0 Å². The average molecular weight is 64.1 g/mol. The van der Waals surface area contributed by atoms with E-state index in [0.717, 1.165) is 11.8 Å². The van der Waals surface area contributed by atoms with Crippen LogP contribution in [0.15, 0.2) is 11.1 Å². The van der Waals surface area contributed by atoms with E-state index in [1.165, 1.54) is 0 Å². The van der Waals surface area contributed by atoms with Gasteiger partial charge in [0, 0.05) is 11.8 Å². The molecule has 0 N–H and O–H groups in total. The van der Waals surface area contributed by atoms with Crippen molar-refractivity contribution in [3.05, 3.63) is 11.1 Å². The van der Waals surface area contributed by atoms with Gasteiger partial charge in [-0.3, -0.25) is 0 Å². The van der Waals surface area contributed by atoms with Crippen molar-refractivity contribution in [2.45, 2.75) is 6.42 Å². The zero-order valence-corrected chi connectivity index (χ0v) is 2.86. The second-order valence-electron chi connectivity index (χ2n) is 2.25. The number of rotatable bonds is 0. The van der Waals surface area contributed by atoms with Gasteiger partial charge >= 0.3 is 0 Å². The third-order valence-corrected chi connectivity index (χ3v) is 2.14. The number of hydrogen-bond donors (Lipinski definition) is 0. The molecule has 2 fully saturated rings. The highest BCUT2D eigenvalue weighted by Gasteiger charge is 2.70. The molecule has 0 aliphatic heterocycles. The van der Waals surface area contributed by atoms with Crippen molar-refractivity contribution in [3.63, 3.8) is 0 Å². The Kier molecular flexibility index (Phi) is 0.0505. The van der Waals surface area contributed by atoms with Gasteiger partial charge in [-0.2, -0.15) is 0 Å². The van der Waals surface area contributed by atoms with E-state index in [4.69, 9.17) is 0 Å². The molecule has 2 saturated carbocycles. The van der Waals surface area contributed by atoms with Gasteiger partial charge in [0.1, 0.15) is 0 Å². The molecule has 5 heavy (non-hydrogen) atoms. The van der Waals surface area contributed by atoms with Crippen LogP contribution >= 0.6 is 0 Å². The van der Waals surface area contributed by atoms with Crippen LogP contribution in [0.1, 0.15) is 6.42 Å². The third-order valence-electron chi connectivity index (χ3n) is 2.14. The van der Waals surface area contributed by atoms with Gasteiger partial charge in [-0.25, -0.2) is 0 Å². The Balaban J connectivity index is 2.50. The predicted molar refractivity (Wildman–Crippen MR) is 18.6 cm³/mol. The van der Waals surface area contributed by atoms with Crippen molar-refractivity contribution < 1.29 is 0 Å². The van der Waals surface area contributed by atoms with Crippen LogP contribution < -0.4 is 0 Å². The molecule has 0 nitrogen and oxygen atoms in total. The van der Waals surface area contributed by atoms with Crippen LogP contribution in [-0.2, 0) is 0 Å². The van der Waals surface area contributed by atoms with Crippen LogP contribution in [0.4, 0.5) is 0 Å². The smallest absolute Gasteiger partial charge is 0.00340 e. The maximum absolute atomic E-state index is 1.85. The Bertz CT molecular complexity index is 114. The molecule has 0 heteroatoms.